The second kappa shape index (κ2) is 8.04. The molecule has 0 saturated carbocycles. The van der Waals surface area contributed by atoms with Crippen molar-refractivity contribution in [3.8, 4) is 0 Å². The minimum absolute atomic E-state index is 0.213. The molecule has 6 nitrogen and oxygen atoms in total. The Morgan fingerprint density at radius 3 is 2.96 bits per heavy atom. The van der Waals surface area contributed by atoms with Crippen molar-refractivity contribution in [2.75, 3.05) is 24.6 Å². The van der Waals surface area contributed by atoms with E-state index in [0.29, 0.717) is 0 Å². The summed E-state index contributed by atoms with van der Waals surface area (Å²) in [6.07, 6.45) is 4.81. The predicted octanol–water partition coefficient (Wildman–Crippen LogP) is 2.12. The van der Waals surface area contributed by atoms with Gasteiger partial charge in [-0.15, -0.1) is 0 Å². The highest BCUT2D eigenvalue weighted by molar-refractivity contribution is 7.99. The fraction of sp³-hybridized carbons (Fsp3) is 0.812. The molecule has 3 rings (SSSR count). The first kappa shape index (κ1) is 16.6. The summed E-state index contributed by atoms with van der Waals surface area (Å²) in [5, 5.41) is 11.4. The van der Waals surface area contributed by atoms with Crippen LogP contribution in [0.3, 0.4) is 0 Å². The van der Waals surface area contributed by atoms with Crippen LogP contribution >= 0.6 is 11.8 Å². The number of nitrogens with zero attached hydrogens (tertiary/aromatic N) is 4. The van der Waals surface area contributed by atoms with Crippen molar-refractivity contribution in [3.63, 3.8) is 0 Å². The van der Waals surface area contributed by atoms with E-state index in [1.54, 1.807) is 0 Å². The van der Waals surface area contributed by atoms with Crippen molar-refractivity contribution in [2.24, 2.45) is 10.9 Å². The lowest BCUT2D eigenvalue weighted by atomic mass is 10.0. The summed E-state index contributed by atoms with van der Waals surface area (Å²) in [5.41, 5.74) is 0. The molecule has 7 heteroatoms. The number of guanidine groups is 1. The first-order chi connectivity index (χ1) is 11.3. The molecule has 0 spiro atoms. The summed E-state index contributed by atoms with van der Waals surface area (Å²) in [5.74, 6) is 6.14. The average Bonchev–Trinajstić information content (AvgIpc) is 2.95. The maximum atomic E-state index is 4.84. The average molecular weight is 337 g/mol. The Bertz CT molecular complexity index is 535. The first-order valence-corrected chi connectivity index (χ1v) is 9.95. The number of thioether (sulfide) groups is 1. The number of hydrogen-bond acceptors (Lipinski definition) is 4. The van der Waals surface area contributed by atoms with Crippen LogP contribution < -0.4 is 10.6 Å². The zero-order valence-electron chi connectivity index (χ0n) is 14.2. The van der Waals surface area contributed by atoms with Gasteiger partial charge in [0.15, 0.2) is 5.96 Å². The fourth-order valence-corrected chi connectivity index (χ4v) is 4.44. The maximum absolute atomic E-state index is 4.84. The van der Waals surface area contributed by atoms with Gasteiger partial charge in [0.25, 0.3) is 0 Å². The van der Waals surface area contributed by atoms with Gasteiger partial charge >= 0.3 is 0 Å². The Morgan fingerprint density at radius 1 is 1.35 bits per heavy atom. The predicted molar refractivity (Wildman–Crippen MR) is 95.9 cm³/mol. The van der Waals surface area contributed by atoms with Crippen molar-refractivity contribution >= 4 is 17.7 Å². The molecule has 0 aliphatic carbocycles. The van der Waals surface area contributed by atoms with Crippen molar-refractivity contribution in [1.29, 1.82) is 0 Å². The van der Waals surface area contributed by atoms with Crippen LogP contribution in [-0.4, -0.2) is 45.3 Å². The number of fused-ring (bicyclic) bond motifs is 1. The number of aliphatic imine (C=N–C) groups is 1. The van der Waals surface area contributed by atoms with E-state index < -0.39 is 0 Å². The third-order valence-corrected chi connectivity index (χ3v) is 5.53. The second-order valence-electron chi connectivity index (χ2n) is 6.35. The summed E-state index contributed by atoms with van der Waals surface area (Å²) in [6.45, 7) is 6.85. The highest BCUT2D eigenvalue weighted by atomic mass is 32.2. The van der Waals surface area contributed by atoms with Gasteiger partial charge in [-0.3, -0.25) is 4.99 Å². The van der Waals surface area contributed by atoms with Crippen molar-refractivity contribution < 1.29 is 0 Å². The molecule has 1 unspecified atom stereocenters. The van der Waals surface area contributed by atoms with Crippen LogP contribution in [-0.2, 0) is 6.54 Å². The van der Waals surface area contributed by atoms with E-state index in [9.17, 15) is 0 Å². The van der Waals surface area contributed by atoms with Gasteiger partial charge in [0, 0.05) is 19.6 Å². The molecular formula is C16H28N6S. The lowest BCUT2D eigenvalue weighted by Gasteiger charge is -2.25. The van der Waals surface area contributed by atoms with Gasteiger partial charge in [-0.1, -0.05) is 0 Å². The van der Waals surface area contributed by atoms with E-state index in [2.05, 4.69) is 39.4 Å². The Balaban J connectivity index is 1.64. The standard InChI is InChI=1S/C16H28N6S/c1-3-17-16(18-11-13-6-9-23-10-7-13)20-14-5-4-8-22-15(14)19-12(2)21-22/h13-14H,3-11H2,1-2H3,(H2,17,18,20). The largest absolute Gasteiger partial charge is 0.357 e. The summed E-state index contributed by atoms with van der Waals surface area (Å²) >= 11 is 2.07. The Hall–Kier alpha value is -1.24. The molecule has 1 atom stereocenters. The molecule has 3 heterocycles. The minimum Gasteiger partial charge on any atom is -0.357 e. The van der Waals surface area contributed by atoms with Gasteiger partial charge in [-0.2, -0.15) is 16.9 Å². The smallest absolute Gasteiger partial charge is 0.191 e. The molecular weight excluding hydrogens is 308 g/mol. The molecule has 23 heavy (non-hydrogen) atoms. The Kier molecular flexibility index (Phi) is 5.80. The topological polar surface area (TPSA) is 67.1 Å². The lowest BCUT2D eigenvalue weighted by Crippen LogP contribution is -2.42. The van der Waals surface area contributed by atoms with E-state index in [0.717, 1.165) is 56.0 Å². The van der Waals surface area contributed by atoms with Gasteiger partial charge in [0.05, 0.1) is 6.04 Å². The van der Waals surface area contributed by atoms with Crippen molar-refractivity contribution in [1.82, 2.24) is 25.4 Å². The van der Waals surface area contributed by atoms with Crippen molar-refractivity contribution in [2.45, 2.75) is 52.1 Å². The second-order valence-corrected chi connectivity index (χ2v) is 7.58. The summed E-state index contributed by atoms with van der Waals surface area (Å²) in [6, 6.07) is 0.213. The molecule has 128 valence electrons. The van der Waals surface area contributed by atoms with E-state index in [4.69, 9.17) is 4.99 Å². The fourth-order valence-electron chi connectivity index (χ4n) is 3.24. The molecule has 1 saturated heterocycles. The van der Waals surface area contributed by atoms with E-state index in [1.165, 1.54) is 24.3 Å². The molecule has 1 aromatic rings. The molecule has 2 aliphatic heterocycles. The number of aryl methyl sites for hydroxylation is 2. The molecule has 0 aromatic carbocycles. The van der Waals surface area contributed by atoms with E-state index >= 15 is 0 Å². The molecule has 2 N–H and O–H groups in total. The molecule has 1 aromatic heterocycles. The summed E-state index contributed by atoms with van der Waals surface area (Å²) in [7, 11) is 0. The van der Waals surface area contributed by atoms with Crippen LogP contribution in [0.15, 0.2) is 4.99 Å². The lowest BCUT2D eigenvalue weighted by molar-refractivity contribution is 0.397. The normalized spacial score (nSPS) is 22.7. The van der Waals surface area contributed by atoms with Crippen LogP contribution in [0.25, 0.3) is 0 Å². The molecule has 0 amide bonds. The molecule has 0 radical (unpaired) electrons. The zero-order valence-corrected chi connectivity index (χ0v) is 15.0. The Labute approximate surface area is 142 Å². The van der Waals surface area contributed by atoms with E-state index in [1.807, 2.05) is 11.6 Å². The highest BCUT2D eigenvalue weighted by Gasteiger charge is 2.24. The number of aromatic nitrogens is 3. The highest BCUT2D eigenvalue weighted by Crippen LogP contribution is 2.24. The number of nitrogens with one attached hydrogen (secondary N) is 2. The van der Waals surface area contributed by atoms with Gasteiger partial charge in [0.2, 0.25) is 0 Å². The molecule has 2 aliphatic rings. The van der Waals surface area contributed by atoms with Crippen LogP contribution in [0.2, 0.25) is 0 Å². The molecule has 1 fully saturated rings. The van der Waals surface area contributed by atoms with E-state index in [-0.39, 0.29) is 6.04 Å². The summed E-state index contributed by atoms with van der Waals surface area (Å²) in [4.78, 5) is 9.44. The van der Waals surface area contributed by atoms with Crippen LogP contribution in [0, 0.1) is 12.8 Å². The van der Waals surface area contributed by atoms with Gasteiger partial charge in [-0.25, -0.2) is 9.67 Å². The maximum Gasteiger partial charge on any atom is 0.191 e. The third-order valence-electron chi connectivity index (χ3n) is 4.48. The SMILES string of the molecule is CCNC(=NCC1CCSCC1)NC1CCCn2nc(C)nc21. The monoisotopic (exact) mass is 336 g/mol. The van der Waals surface area contributed by atoms with Gasteiger partial charge in [-0.05, 0) is 57.0 Å². The number of hydrogen-bond donors (Lipinski definition) is 2. The van der Waals surface area contributed by atoms with Crippen LogP contribution in [0.1, 0.15) is 50.3 Å². The minimum atomic E-state index is 0.213. The van der Waals surface area contributed by atoms with Crippen LogP contribution in [0.5, 0.6) is 0 Å². The first-order valence-electron chi connectivity index (χ1n) is 8.80. The quantitative estimate of drug-likeness (QED) is 0.651. The van der Waals surface area contributed by atoms with Gasteiger partial charge < -0.3 is 10.6 Å². The molecule has 0 bridgehead atoms. The third kappa shape index (κ3) is 4.40. The zero-order chi connectivity index (χ0) is 16.1. The number of rotatable bonds is 4. The summed E-state index contributed by atoms with van der Waals surface area (Å²) < 4.78 is 2.04. The van der Waals surface area contributed by atoms with Gasteiger partial charge in [0.1, 0.15) is 11.6 Å². The van der Waals surface area contributed by atoms with Crippen molar-refractivity contribution in [3.05, 3.63) is 11.6 Å². The van der Waals surface area contributed by atoms with Crippen LogP contribution in [0.4, 0.5) is 0 Å². The Morgan fingerprint density at radius 2 is 2.17 bits per heavy atom.